The number of sulfonamides is 1. The van der Waals surface area contributed by atoms with Gasteiger partial charge in [0, 0.05) is 13.1 Å². The Labute approximate surface area is 106 Å². The molecule has 0 radical (unpaired) electrons. The van der Waals surface area contributed by atoms with E-state index in [1.807, 2.05) is 0 Å². The summed E-state index contributed by atoms with van der Waals surface area (Å²) in [6.45, 7) is 2.62. The van der Waals surface area contributed by atoms with Crippen LogP contribution in [0, 0.1) is 17.7 Å². The molecule has 18 heavy (non-hydrogen) atoms. The highest BCUT2D eigenvalue weighted by Crippen LogP contribution is 2.37. The van der Waals surface area contributed by atoms with Crippen molar-refractivity contribution in [3.8, 4) is 0 Å². The molecule has 1 aliphatic rings. The molecule has 6 heteroatoms. The van der Waals surface area contributed by atoms with Gasteiger partial charge in [-0.1, -0.05) is 13.0 Å². The molecule has 0 aromatic heterocycles. The largest absolute Gasteiger partial charge is 0.326 e. The minimum Gasteiger partial charge on any atom is -0.326 e. The third kappa shape index (κ3) is 2.88. The van der Waals surface area contributed by atoms with Gasteiger partial charge in [-0.25, -0.2) is 17.5 Å². The number of halogens is 1. The van der Waals surface area contributed by atoms with E-state index in [2.05, 4.69) is 11.6 Å². The van der Waals surface area contributed by atoms with Crippen LogP contribution < -0.4 is 10.5 Å². The maximum Gasteiger partial charge on any atom is 0.243 e. The van der Waals surface area contributed by atoms with Gasteiger partial charge in [-0.15, -0.1) is 0 Å². The van der Waals surface area contributed by atoms with E-state index in [-0.39, 0.29) is 11.4 Å². The molecule has 0 aliphatic heterocycles. The van der Waals surface area contributed by atoms with E-state index < -0.39 is 15.8 Å². The van der Waals surface area contributed by atoms with Crippen molar-refractivity contribution in [2.75, 3.05) is 6.54 Å². The van der Waals surface area contributed by atoms with Crippen molar-refractivity contribution in [1.82, 2.24) is 4.72 Å². The number of hydrogen-bond donors (Lipinski definition) is 2. The summed E-state index contributed by atoms with van der Waals surface area (Å²) in [5, 5.41) is 0. The summed E-state index contributed by atoms with van der Waals surface area (Å²) in [5.74, 6) is 0.178. The van der Waals surface area contributed by atoms with Gasteiger partial charge in [-0.2, -0.15) is 0 Å². The molecule has 2 atom stereocenters. The molecule has 3 N–H and O–H groups in total. The van der Waals surface area contributed by atoms with Crippen LogP contribution in [0.3, 0.4) is 0 Å². The second kappa shape index (κ2) is 4.95. The highest BCUT2D eigenvalue weighted by Gasteiger charge is 2.33. The van der Waals surface area contributed by atoms with Crippen LogP contribution in [0.1, 0.15) is 18.9 Å². The Hall–Kier alpha value is -0.980. The average molecular weight is 272 g/mol. The predicted octanol–water partition coefficient (Wildman–Crippen LogP) is 1.22. The van der Waals surface area contributed by atoms with E-state index in [1.54, 1.807) is 0 Å². The number of nitrogens with two attached hydrogens (primary N) is 1. The quantitative estimate of drug-likeness (QED) is 0.846. The van der Waals surface area contributed by atoms with Crippen LogP contribution in [0.15, 0.2) is 23.1 Å². The number of rotatable bonds is 5. The minimum atomic E-state index is -3.78. The zero-order valence-corrected chi connectivity index (χ0v) is 11.0. The fourth-order valence-corrected chi connectivity index (χ4v) is 3.08. The molecule has 4 nitrogen and oxygen atoms in total. The zero-order valence-electron chi connectivity index (χ0n) is 10.2. The van der Waals surface area contributed by atoms with Crippen molar-refractivity contribution in [3.05, 3.63) is 29.6 Å². The van der Waals surface area contributed by atoms with Crippen LogP contribution in [0.5, 0.6) is 0 Å². The third-order valence-corrected chi connectivity index (χ3v) is 4.77. The second-order valence-corrected chi connectivity index (χ2v) is 6.53. The lowest BCUT2D eigenvalue weighted by Crippen LogP contribution is -2.27. The van der Waals surface area contributed by atoms with Gasteiger partial charge in [-0.3, -0.25) is 0 Å². The summed E-state index contributed by atoms with van der Waals surface area (Å²) in [5.41, 5.74) is 6.02. The molecule has 0 saturated heterocycles. The van der Waals surface area contributed by atoms with Crippen LogP contribution >= 0.6 is 0 Å². The molecule has 1 aliphatic carbocycles. The second-order valence-electron chi connectivity index (χ2n) is 4.79. The van der Waals surface area contributed by atoms with Crippen LogP contribution in [0.2, 0.25) is 0 Å². The normalized spacial score (nSPS) is 23.1. The summed E-state index contributed by atoms with van der Waals surface area (Å²) >= 11 is 0. The SMILES string of the molecule is CC1CC1CNS(=O)(=O)c1cc(CN)ccc1F. The standard InChI is InChI=1S/C12H17FN2O2S/c1-8-4-10(8)7-15-18(16,17)12-5-9(6-14)2-3-11(12)13/h2-3,5,8,10,15H,4,6-7,14H2,1H3. The van der Waals surface area contributed by atoms with Gasteiger partial charge in [0.05, 0.1) is 0 Å². The molecule has 0 bridgehead atoms. The summed E-state index contributed by atoms with van der Waals surface area (Å²) in [6, 6.07) is 3.90. The lowest BCUT2D eigenvalue weighted by molar-refractivity contribution is 0.552. The Balaban J connectivity index is 2.17. The fourth-order valence-electron chi connectivity index (χ4n) is 1.86. The molecule has 1 aromatic rings. The third-order valence-electron chi connectivity index (χ3n) is 3.33. The van der Waals surface area contributed by atoms with Crippen LogP contribution in [0.25, 0.3) is 0 Å². The van der Waals surface area contributed by atoms with E-state index in [9.17, 15) is 12.8 Å². The molecule has 0 amide bonds. The van der Waals surface area contributed by atoms with Gasteiger partial charge >= 0.3 is 0 Å². The van der Waals surface area contributed by atoms with Crippen LogP contribution in [-0.2, 0) is 16.6 Å². The number of benzene rings is 1. The predicted molar refractivity (Wildman–Crippen MR) is 66.8 cm³/mol. The summed E-state index contributed by atoms with van der Waals surface area (Å²) in [7, 11) is -3.78. The van der Waals surface area contributed by atoms with E-state index in [1.165, 1.54) is 12.1 Å². The Morgan fingerprint density at radius 1 is 1.50 bits per heavy atom. The summed E-state index contributed by atoms with van der Waals surface area (Å²) in [6.07, 6.45) is 1.02. The monoisotopic (exact) mass is 272 g/mol. The van der Waals surface area contributed by atoms with Crippen LogP contribution in [-0.4, -0.2) is 15.0 Å². The highest BCUT2D eigenvalue weighted by atomic mass is 32.2. The average Bonchev–Trinajstić information content (AvgIpc) is 3.03. The van der Waals surface area contributed by atoms with E-state index in [4.69, 9.17) is 5.73 Å². The Kier molecular flexibility index (Phi) is 3.70. The molecule has 1 aromatic carbocycles. The Bertz CT molecular complexity index is 545. The molecule has 2 rings (SSSR count). The molecular weight excluding hydrogens is 255 g/mol. The number of hydrogen-bond acceptors (Lipinski definition) is 3. The van der Waals surface area contributed by atoms with Crippen molar-refractivity contribution < 1.29 is 12.8 Å². The van der Waals surface area contributed by atoms with E-state index in [0.29, 0.717) is 23.9 Å². The van der Waals surface area contributed by atoms with Gasteiger partial charge in [-0.05, 0) is 36.0 Å². The molecule has 2 unspecified atom stereocenters. The molecule has 1 saturated carbocycles. The van der Waals surface area contributed by atoms with Gasteiger partial charge in [0.1, 0.15) is 10.7 Å². The first-order valence-corrected chi connectivity index (χ1v) is 7.40. The van der Waals surface area contributed by atoms with Gasteiger partial charge in [0.2, 0.25) is 10.0 Å². The minimum absolute atomic E-state index is 0.183. The first-order chi connectivity index (χ1) is 8.44. The fraction of sp³-hybridized carbons (Fsp3) is 0.500. The topological polar surface area (TPSA) is 72.2 Å². The highest BCUT2D eigenvalue weighted by molar-refractivity contribution is 7.89. The number of nitrogens with one attached hydrogen (secondary N) is 1. The maximum absolute atomic E-state index is 13.6. The van der Waals surface area contributed by atoms with Crippen molar-refractivity contribution in [2.45, 2.75) is 24.8 Å². The van der Waals surface area contributed by atoms with Gasteiger partial charge in [0.15, 0.2) is 0 Å². The van der Waals surface area contributed by atoms with E-state index >= 15 is 0 Å². The molecule has 1 fully saturated rings. The Morgan fingerprint density at radius 3 is 2.72 bits per heavy atom. The van der Waals surface area contributed by atoms with Crippen LogP contribution in [0.4, 0.5) is 4.39 Å². The van der Waals surface area contributed by atoms with Crippen molar-refractivity contribution in [3.63, 3.8) is 0 Å². The molecule has 0 spiro atoms. The lowest BCUT2D eigenvalue weighted by Gasteiger charge is -2.08. The smallest absolute Gasteiger partial charge is 0.243 e. The molecule has 100 valence electrons. The Morgan fingerprint density at radius 2 is 2.17 bits per heavy atom. The van der Waals surface area contributed by atoms with Gasteiger partial charge < -0.3 is 5.73 Å². The summed E-state index contributed by atoms with van der Waals surface area (Å²) < 4.78 is 39.9. The lowest BCUT2D eigenvalue weighted by atomic mass is 10.2. The maximum atomic E-state index is 13.6. The zero-order chi connectivity index (χ0) is 13.3. The summed E-state index contributed by atoms with van der Waals surface area (Å²) in [4.78, 5) is -0.321. The first-order valence-electron chi connectivity index (χ1n) is 5.92. The van der Waals surface area contributed by atoms with Gasteiger partial charge in [0.25, 0.3) is 0 Å². The molecule has 0 heterocycles. The van der Waals surface area contributed by atoms with Crippen molar-refractivity contribution >= 4 is 10.0 Å². The first kappa shape index (κ1) is 13.5. The molecular formula is C12H17FN2O2S. The van der Waals surface area contributed by atoms with E-state index in [0.717, 1.165) is 12.5 Å². The van der Waals surface area contributed by atoms with Crippen molar-refractivity contribution in [2.24, 2.45) is 17.6 Å². The van der Waals surface area contributed by atoms with Crippen molar-refractivity contribution in [1.29, 1.82) is 0 Å².